The monoisotopic (exact) mass is 271 g/mol. The van der Waals surface area contributed by atoms with Gasteiger partial charge in [-0.2, -0.15) is 0 Å². The first-order valence-electron chi connectivity index (χ1n) is 6.20. The normalized spacial score (nSPS) is 11.2. The summed E-state index contributed by atoms with van der Waals surface area (Å²) in [5, 5.41) is 6.30. The van der Waals surface area contributed by atoms with E-state index in [0.717, 1.165) is 24.3 Å². The molecule has 0 aliphatic heterocycles. The van der Waals surface area contributed by atoms with Crippen molar-refractivity contribution in [2.24, 2.45) is 0 Å². The van der Waals surface area contributed by atoms with Crippen LogP contribution in [0.2, 0.25) is 0 Å². The van der Waals surface area contributed by atoms with Gasteiger partial charge in [0.2, 0.25) is 0 Å². The van der Waals surface area contributed by atoms with Gasteiger partial charge in [-0.3, -0.25) is 4.98 Å². The highest BCUT2D eigenvalue weighted by atomic mass is 32.2. The van der Waals surface area contributed by atoms with Gasteiger partial charge in [-0.25, -0.2) is 8.42 Å². The maximum Gasteiger partial charge on any atom is 0.151 e. The number of aromatic nitrogens is 1. The zero-order valence-electron chi connectivity index (χ0n) is 10.9. The van der Waals surface area contributed by atoms with E-state index in [1.807, 2.05) is 6.07 Å². The fourth-order valence-electron chi connectivity index (χ4n) is 1.40. The molecule has 102 valence electrons. The van der Waals surface area contributed by atoms with Crippen LogP contribution in [0.1, 0.15) is 20.3 Å². The van der Waals surface area contributed by atoms with Crippen molar-refractivity contribution in [3.8, 4) is 0 Å². The second-order valence-corrected chi connectivity index (χ2v) is 6.52. The number of nitrogens with zero attached hydrogens (tertiary/aromatic N) is 1. The van der Waals surface area contributed by atoms with E-state index in [4.69, 9.17) is 0 Å². The first kappa shape index (κ1) is 14.8. The summed E-state index contributed by atoms with van der Waals surface area (Å²) in [6.07, 6.45) is 4.49. The van der Waals surface area contributed by atoms with Gasteiger partial charge < -0.3 is 10.6 Å². The summed E-state index contributed by atoms with van der Waals surface area (Å²) in [5.41, 5.74) is 1.78. The number of sulfone groups is 1. The highest BCUT2D eigenvalue weighted by Gasteiger charge is 2.06. The van der Waals surface area contributed by atoms with Gasteiger partial charge in [0.25, 0.3) is 0 Å². The molecule has 0 bridgehead atoms. The molecule has 6 heteroatoms. The molecule has 0 spiro atoms. The lowest BCUT2D eigenvalue weighted by molar-refractivity contribution is 0.597. The molecule has 0 fully saturated rings. The Hall–Kier alpha value is -1.30. The van der Waals surface area contributed by atoms with Crippen LogP contribution in [0.25, 0.3) is 0 Å². The Balaban J connectivity index is 2.47. The van der Waals surface area contributed by atoms with Crippen molar-refractivity contribution < 1.29 is 8.42 Å². The van der Waals surface area contributed by atoms with E-state index in [1.54, 1.807) is 19.3 Å². The predicted molar refractivity (Wildman–Crippen MR) is 75.8 cm³/mol. The van der Waals surface area contributed by atoms with Crippen LogP contribution in [-0.2, 0) is 9.84 Å². The molecule has 18 heavy (non-hydrogen) atoms. The quantitative estimate of drug-likeness (QED) is 0.753. The van der Waals surface area contributed by atoms with Crippen LogP contribution < -0.4 is 10.6 Å². The topological polar surface area (TPSA) is 71.1 Å². The van der Waals surface area contributed by atoms with E-state index in [1.165, 1.54) is 0 Å². The zero-order valence-corrected chi connectivity index (χ0v) is 11.8. The van der Waals surface area contributed by atoms with E-state index in [9.17, 15) is 8.42 Å². The standard InChI is InChI=1S/C12H21N3O2S/c1-3-5-14-11-8-12(10-13-9-11)15-6-7-18(16,17)4-2/h8-10,14-15H,3-7H2,1-2H3. The van der Waals surface area contributed by atoms with Gasteiger partial charge in [0.1, 0.15) is 0 Å². The van der Waals surface area contributed by atoms with Crippen LogP contribution in [0.5, 0.6) is 0 Å². The Morgan fingerprint density at radius 3 is 2.28 bits per heavy atom. The van der Waals surface area contributed by atoms with Crippen molar-refractivity contribution in [3.05, 3.63) is 18.5 Å². The van der Waals surface area contributed by atoms with E-state index in [0.29, 0.717) is 6.54 Å². The van der Waals surface area contributed by atoms with Crippen LogP contribution in [0.3, 0.4) is 0 Å². The minimum absolute atomic E-state index is 0.149. The fraction of sp³-hybridized carbons (Fsp3) is 0.583. The number of hydrogen-bond acceptors (Lipinski definition) is 5. The Morgan fingerprint density at radius 2 is 1.72 bits per heavy atom. The van der Waals surface area contributed by atoms with Crippen LogP contribution in [0, 0.1) is 0 Å². The van der Waals surface area contributed by atoms with Crippen molar-refractivity contribution in [1.29, 1.82) is 0 Å². The summed E-state index contributed by atoms with van der Waals surface area (Å²) >= 11 is 0. The second-order valence-electron chi connectivity index (χ2n) is 4.05. The summed E-state index contributed by atoms with van der Waals surface area (Å²) in [6, 6.07) is 1.93. The van der Waals surface area contributed by atoms with Crippen molar-refractivity contribution in [2.75, 3.05) is 35.2 Å². The average molecular weight is 271 g/mol. The highest BCUT2D eigenvalue weighted by Crippen LogP contribution is 2.12. The molecule has 1 aromatic rings. The maximum absolute atomic E-state index is 11.3. The number of nitrogens with one attached hydrogen (secondary N) is 2. The molecule has 0 radical (unpaired) electrons. The average Bonchev–Trinajstić information content (AvgIpc) is 2.37. The van der Waals surface area contributed by atoms with Gasteiger partial charge in [0.15, 0.2) is 9.84 Å². The number of hydrogen-bond donors (Lipinski definition) is 2. The summed E-state index contributed by atoms with van der Waals surface area (Å²) in [5.74, 6) is 0.334. The van der Waals surface area contributed by atoms with Crippen LogP contribution >= 0.6 is 0 Å². The Morgan fingerprint density at radius 1 is 1.11 bits per heavy atom. The molecule has 0 atom stereocenters. The van der Waals surface area contributed by atoms with Crippen LogP contribution in [0.4, 0.5) is 11.4 Å². The molecular weight excluding hydrogens is 250 g/mol. The summed E-state index contributed by atoms with van der Waals surface area (Å²) in [7, 11) is -2.91. The van der Waals surface area contributed by atoms with Crippen molar-refractivity contribution in [2.45, 2.75) is 20.3 Å². The molecule has 0 saturated heterocycles. The van der Waals surface area contributed by atoms with E-state index in [2.05, 4.69) is 22.5 Å². The molecular formula is C12H21N3O2S. The third-order valence-electron chi connectivity index (χ3n) is 2.50. The predicted octanol–water partition coefficient (Wildman–Crippen LogP) is 1.75. The largest absolute Gasteiger partial charge is 0.384 e. The van der Waals surface area contributed by atoms with Crippen molar-refractivity contribution in [3.63, 3.8) is 0 Å². The SMILES string of the molecule is CCCNc1cncc(NCCS(=O)(=O)CC)c1. The van der Waals surface area contributed by atoms with Gasteiger partial charge >= 0.3 is 0 Å². The lowest BCUT2D eigenvalue weighted by Gasteiger charge is -2.09. The van der Waals surface area contributed by atoms with Gasteiger partial charge in [0.05, 0.1) is 29.5 Å². The number of rotatable bonds is 8. The minimum atomic E-state index is -2.91. The molecule has 0 aromatic carbocycles. The lowest BCUT2D eigenvalue weighted by atomic mass is 10.3. The Labute approximate surface area is 109 Å². The summed E-state index contributed by atoms with van der Waals surface area (Å²) < 4.78 is 22.7. The van der Waals surface area contributed by atoms with Gasteiger partial charge in [-0.15, -0.1) is 0 Å². The summed E-state index contributed by atoms with van der Waals surface area (Å²) in [6.45, 7) is 5.06. The third kappa shape index (κ3) is 5.35. The molecule has 0 aliphatic carbocycles. The minimum Gasteiger partial charge on any atom is -0.384 e. The van der Waals surface area contributed by atoms with Gasteiger partial charge in [-0.05, 0) is 12.5 Å². The highest BCUT2D eigenvalue weighted by molar-refractivity contribution is 7.91. The molecule has 1 aromatic heterocycles. The molecule has 0 saturated carbocycles. The maximum atomic E-state index is 11.3. The summed E-state index contributed by atoms with van der Waals surface area (Å²) in [4.78, 5) is 4.10. The van der Waals surface area contributed by atoms with Crippen molar-refractivity contribution >= 4 is 21.2 Å². The Bertz CT molecular complexity index is 460. The number of anilines is 2. The van der Waals surface area contributed by atoms with Crippen LogP contribution in [0.15, 0.2) is 18.5 Å². The van der Waals surface area contributed by atoms with Gasteiger partial charge in [0, 0.05) is 18.8 Å². The molecule has 2 N–H and O–H groups in total. The molecule has 0 unspecified atom stereocenters. The first-order chi connectivity index (χ1) is 8.57. The first-order valence-corrected chi connectivity index (χ1v) is 8.02. The molecule has 1 rings (SSSR count). The molecule has 5 nitrogen and oxygen atoms in total. The molecule has 1 heterocycles. The zero-order chi connectivity index (χ0) is 13.4. The Kier molecular flexibility index (Phi) is 5.91. The van der Waals surface area contributed by atoms with Gasteiger partial charge in [-0.1, -0.05) is 13.8 Å². The van der Waals surface area contributed by atoms with E-state index in [-0.39, 0.29) is 11.5 Å². The lowest BCUT2D eigenvalue weighted by Crippen LogP contribution is -2.17. The van der Waals surface area contributed by atoms with Crippen LogP contribution in [-0.4, -0.2) is 38.0 Å². The second kappa shape index (κ2) is 7.20. The van der Waals surface area contributed by atoms with E-state index < -0.39 is 9.84 Å². The molecule has 0 amide bonds. The fourth-order valence-corrected chi connectivity index (χ4v) is 2.10. The smallest absolute Gasteiger partial charge is 0.151 e. The third-order valence-corrected chi connectivity index (χ3v) is 4.21. The number of pyridine rings is 1. The van der Waals surface area contributed by atoms with Crippen molar-refractivity contribution in [1.82, 2.24) is 4.98 Å². The molecule has 0 aliphatic rings. The van der Waals surface area contributed by atoms with E-state index >= 15 is 0 Å².